The summed E-state index contributed by atoms with van der Waals surface area (Å²) >= 11 is 0. The van der Waals surface area contributed by atoms with Gasteiger partial charge in [0.25, 0.3) is 5.91 Å². The van der Waals surface area contributed by atoms with Crippen molar-refractivity contribution < 1.29 is 23.9 Å². The molecule has 1 N–H and O–H groups in total. The first-order valence-electron chi connectivity index (χ1n) is 9.33. The van der Waals surface area contributed by atoms with E-state index in [-0.39, 0.29) is 30.1 Å². The average Bonchev–Trinajstić information content (AvgIpc) is 2.69. The molecule has 7 heteroatoms. The Morgan fingerprint density at radius 2 is 2.04 bits per heavy atom. The Morgan fingerprint density at radius 3 is 2.70 bits per heavy atom. The topological polar surface area (TPSA) is 84.9 Å². The average molecular weight is 376 g/mol. The van der Waals surface area contributed by atoms with Gasteiger partial charge < -0.3 is 19.7 Å². The molecule has 2 rings (SSSR count). The van der Waals surface area contributed by atoms with Crippen molar-refractivity contribution in [3.63, 3.8) is 0 Å². The van der Waals surface area contributed by atoms with Gasteiger partial charge in [-0.2, -0.15) is 0 Å². The molecule has 1 fully saturated rings. The van der Waals surface area contributed by atoms with Crippen LogP contribution in [0.25, 0.3) is 0 Å². The fourth-order valence-corrected chi connectivity index (χ4v) is 3.05. The highest BCUT2D eigenvalue weighted by molar-refractivity contribution is 5.94. The lowest BCUT2D eigenvalue weighted by Gasteiger charge is -2.32. The van der Waals surface area contributed by atoms with Crippen molar-refractivity contribution in [2.24, 2.45) is 5.92 Å². The van der Waals surface area contributed by atoms with Crippen molar-refractivity contribution >= 4 is 17.6 Å². The van der Waals surface area contributed by atoms with Crippen LogP contribution in [0.5, 0.6) is 11.5 Å². The molecule has 1 heterocycles. The Labute approximate surface area is 160 Å². The smallest absolute Gasteiger partial charge is 0.260 e. The van der Waals surface area contributed by atoms with Gasteiger partial charge in [-0.25, -0.2) is 0 Å². The van der Waals surface area contributed by atoms with E-state index in [2.05, 4.69) is 5.32 Å². The van der Waals surface area contributed by atoms with Crippen LogP contribution >= 0.6 is 0 Å². The van der Waals surface area contributed by atoms with Gasteiger partial charge in [0.2, 0.25) is 5.91 Å². The van der Waals surface area contributed by atoms with Gasteiger partial charge >= 0.3 is 0 Å². The third-order valence-electron chi connectivity index (χ3n) is 4.62. The number of nitrogens with one attached hydrogen (secondary N) is 1. The van der Waals surface area contributed by atoms with Crippen molar-refractivity contribution in [2.75, 3.05) is 33.4 Å². The van der Waals surface area contributed by atoms with E-state index in [0.717, 1.165) is 19.3 Å². The molecule has 1 unspecified atom stereocenters. The van der Waals surface area contributed by atoms with Gasteiger partial charge in [-0.05, 0) is 44.4 Å². The number of piperidine rings is 1. The van der Waals surface area contributed by atoms with Crippen molar-refractivity contribution in [3.05, 3.63) is 23.8 Å². The van der Waals surface area contributed by atoms with Crippen molar-refractivity contribution in [1.29, 1.82) is 0 Å². The molecule has 1 saturated heterocycles. The van der Waals surface area contributed by atoms with Crippen LogP contribution in [-0.2, 0) is 9.59 Å². The van der Waals surface area contributed by atoms with Gasteiger partial charge in [-0.15, -0.1) is 0 Å². The number of amides is 2. The molecule has 2 amide bonds. The Morgan fingerprint density at radius 1 is 1.26 bits per heavy atom. The number of rotatable bonds is 8. The van der Waals surface area contributed by atoms with E-state index >= 15 is 0 Å². The lowest BCUT2D eigenvalue weighted by molar-refractivity contribution is -0.137. The maximum Gasteiger partial charge on any atom is 0.260 e. The quantitative estimate of drug-likeness (QED) is 0.702. The summed E-state index contributed by atoms with van der Waals surface area (Å²) in [6.45, 7) is 5.04. The molecular weight excluding hydrogens is 348 g/mol. The lowest BCUT2D eigenvalue weighted by Crippen LogP contribution is -2.46. The van der Waals surface area contributed by atoms with Crippen molar-refractivity contribution in [3.8, 4) is 11.5 Å². The Bertz CT molecular complexity index is 689. The minimum Gasteiger partial charge on any atom is -0.493 e. The minimum absolute atomic E-state index is 0.0109. The van der Waals surface area contributed by atoms with Crippen LogP contribution in [-0.4, -0.2) is 55.8 Å². The number of likely N-dealkylation sites (tertiary alicyclic amines) is 1. The highest BCUT2D eigenvalue weighted by Gasteiger charge is 2.28. The van der Waals surface area contributed by atoms with Gasteiger partial charge in [0.15, 0.2) is 23.9 Å². The normalized spacial score (nSPS) is 16.6. The molecule has 1 atom stereocenters. The van der Waals surface area contributed by atoms with Gasteiger partial charge in [0.05, 0.1) is 13.0 Å². The Kier molecular flexibility index (Phi) is 7.64. The van der Waals surface area contributed by atoms with Crippen LogP contribution in [0, 0.1) is 5.92 Å². The zero-order valence-electron chi connectivity index (χ0n) is 16.2. The van der Waals surface area contributed by atoms with Crippen LogP contribution < -0.4 is 14.8 Å². The SMILES string of the molecule is CCCNC(=O)C1CCCN(C(=O)COc2ccc(C(C)=O)cc2OC)C1. The Balaban J connectivity index is 1.93. The number of methoxy groups -OCH3 is 1. The largest absolute Gasteiger partial charge is 0.493 e. The van der Waals surface area contributed by atoms with Crippen LogP contribution in [0.1, 0.15) is 43.5 Å². The first-order valence-corrected chi connectivity index (χ1v) is 9.33. The first kappa shape index (κ1) is 20.7. The molecule has 1 aliphatic heterocycles. The zero-order valence-corrected chi connectivity index (χ0v) is 16.2. The number of benzene rings is 1. The zero-order chi connectivity index (χ0) is 19.8. The highest BCUT2D eigenvalue weighted by atomic mass is 16.5. The fourth-order valence-electron chi connectivity index (χ4n) is 3.05. The molecule has 0 bridgehead atoms. The van der Waals surface area contributed by atoms with Crippen LogP contribution in [0.15, 0.2) is 18.2 Å². The molecule has 0 spiro atoms. The summed E-state index contributed by atoms with van der Waals surface area (Å²) in [6, 6.07) is 4.86. The van der Waals surface area contributed by atoms with E-state index in [0.29, 0.717) is 36.7 Å². The van der Waals surface area contributed by atoms with Crippen LogP contribution in [0.3, 0.4) is 0 Å². The van der Waals surface area contributed by atoms with Crippen molar-refractivity contribution in [2.45, 2.75) is 33.1 Å². The second-order valence-electron chi connectivity index (χ2n) is 6.68. The number of carbonyl (C=O) groups is 3. The highest BCUT2D eigenvalue weighted by Crippen LogP contribution is 2.28. The Hall–Kier alpha value is -2.57. The third-order valence-corrected chi connectivity index (χ3v) is 4.62. The second-order valence-corrected chi connectivity index (χ2v) is 6.68. The minimum atomic E-state index is -0.168. The predicted octanol–water partition coefficient (Wildman–Crippen LogP) is 2.04. The number of hydrogen-bond acceptors (Lipinski definition) is 5. The van der Waals surface area contributed by atoms with E-state index in [4.69, 9.17) is 9.47 Å². The van der Waals surface area contributed by atoms with E-state index in [1.54, 1.807) is 23.1 Å². The van der Waals surface area contributed by atoms with E-state index < -0.39 is 0 Å². The summed E-state index contributed by atoms with van der Waals surface area (Å²) in [7, 11) is 1.48. The molecule has 0 aliphatic carbocycles. The molecule has 27 heavy (non-hydrogen) atoms. The fraction of sp³-hybridized carbons (Fsp3) is 0.550. The van der Waals surface area contributed by atoms with Gasteiger partial charge in [-0.1, -0.05) is 6.92 Å². The summed E-state index contributed by atoms with van der Waals surface area (Å²) in [4.78, 5) is 37.8. The molecule has 0 saturated carbocycles. The number of ether oxygens (including phenoxy) is 2. The van der Waals surface area contributed by atoms with Gasteiger partial charge in [0, 0.05) is 25.2 Å². The number of Topliss-reactive ketones (excluding diaryl/α,β-unsaturated/α-hetero) is 1. The summed E-state index contributed by atoms with van der Waals surface area (Å²) in [5.41, 5.74) is 0.516. The van der Waals surface area contributed by atoms with E-state index in [1.807, 2.05) is 6.92 Å². The number of nitrogens with zero attached hydrogens (tertiary/aromatic N) is 1. The van der Waals surface area contributed by atoms with E-state index in [1.165, 1.54) is 14.0 Å². The van der Waals surface area contributed by atoms with Crippen LogP contribution in [0.2, 0.25) is 0 Å². The molecule has 1 aromatic carbocycles. The molecule has 148 valence electrons. The van der Waals surface area contributed by atoms with E-state index in [9.17, 15) is 14.4 Å². The summed E-state index contributed by atoms with van der Waals surface area (Å²) in [5.74, 6) is 0.420. The van der Waals surface area contributed by atoms with Crippen molar-refractivity contribution in [1.82, 2.24) is 10.2 Å². The number of carbonyl (C=O) groups excluding carboxylic acids is 3. The number of ketones is 1. The standard InChI is InChI=1S/C20H28N2O5/c1-4-9-21-20(25)16-6-5-10-22(12-16)19(24)13-27-17-8-7-15(14(2)23)11-18(17)26-3/h7-8,11,16H,4-6,9-10,12-13H2,1-3H3,(H,21,25). The summed E-state index contributed by atoms with van der Waals surface area (Å²) in [6.07, 6.45) is 2.48. The lowest BCUT2D eigenvalue weighted by atomic mass is 9.97. The number of hydrogen-bond donors (Lipinski definition) is 1. The molecular formula is C20H28N2O5. The molecule has 0 radical (unpaired) electrons. The maximum absolute atomic E-state index is 12.5. The molecule has 1 aliphatic rings. The van der Waals surface area contributed by atoms with Gasteiger partial charge in [-0.3, -0.25) is 14.4 Å². The monoisotopic (exact) mass is 376 g/mol. The molecule has 7 nitrogen and oxygen atoms in total. The van der Waals surface area contributed by atoms with Crippen LogP contribution in [0.4, 0.5) is 0 Å². The maximum atomic E-state index is 12.5. The summed E-state index contributed by atoms with van der Waals surface area (Å²) < 4.78 is 10.9. The molecule has 0 aromatic heterocycles. The predicted molar refractivity (Wildman–Crippen MR) is 101 cm³/mol. The van der Waals surface area contributed by atoms with Gasteiger partial charge in [0.1, 0.15) is 0 Å². The summed E-state index contributed by atoms with van der Waals surface area (Å²) in [5, 5.41) is 2.90. The second kappa shape index (κ2) is 9.94. The molecule has 1 aromatic rings. The first-order chi connectivity index (χ1) is 13.0. The third kappa shape index (κ3) is 5.70.